The smallest absolute Gasteiger partial charge is 0.180 e. The minimum absolute atomic E-state index is 0.00138. The number of benzene rings is 2. The third kappa shape index (κ3) is 7.38. The molecule has 0 amide bonds. The lowest BCUT2D eigenvalue weighted by Gasteiger charge is -2.42. The molecule has 338 valence electrons. The van der Waals surface area contributed by atoms with Gasteiger partial charge in [-0.2, -0.15) is 0 Å². The van der Waals surface area contributed by atoms with E-state index in [1.54, 1.807) is 12.1 Å². The zero-order valence-electron chi connectivity index (χ0n) is 35.7. The van der Waals surface area contributed by atoms with Crippen LogP contribution in [0.15, 0.2) is 58.3 Å². The van der Waals surface area contributed by atoms with Gasteiger partial charge in [-0.25, -0.2) is 0 Å². The van der Waals surface area contributed by atoms with Gasteiger partial charge >= 0.3 is 0 Å². The minimum atomic E-state index is -0.326. The molecule has 4 saturated heterocycles. The van der Waals surface area contributed by atoms with E-state index in [1.807, 2.05) is 41.7 Å². The Morgan fingerprint density at radius 2 is 1.30 bits per heavy atom. The van der Waals surface area contributed by atoms with Crippen molar-refractivity contribution in [1.82, 2.24) is 29.2 Å². The van der Waals surface area contributed by atoms with Crippen LogP contribution in [0.1, 0.15) is 56.7 Å². The lowest BCUT2D eigenvalue weighted by molar-refractivity contribution is 0.0973. The third-order valence-corrected chi connectivity index (χ3v) is 17.2. The molecule has 2 spiro atoms. The van der Waals surface area contributed by atoms with Gasteiger partial charge in [0.05, 0.1) is 50.4 Å². The molecule has 5 N–H and O–H groups in total. The van der Waals surface area contributed by atoms with Crippen LogP contribution in [-0.2, 0) is 22.7 Å². The summed E-state index contributed by atoms with van der Waals surface area (Å²) in [5, 5.41) is 31.1. The highest BCUT2D eigenvalue weighted by Gasteiger charge is 2.49. The summed E-state index contributed by atoms with van der Waals surface area (Å²) >= 11 is 28.2. The lowest BCUT2D eigenvalue weighted by Crippen LogP contribution is -2.51. The number of pyridine rings is 2. The first-order chi connectivity index (χ1) is 30.8. The van der Waals surface area contributed by atoms with E-state index in [0.29, 0.717) is 84.9 Å². The molecular weight excluding hydrogens is 918 g/mol. The van der Waals surface area contributed by atoms with E-state index >= 15 is 0 Å². The highest BCUT2D eigenvalue weighted by molar-refractivity contribution is 7.99. The molecule has 19 heteroatoms. The molecule has 4 aliphatic rings. The summed E-state index contributed by atoms with van der Waals surface area (Å²) < 4.78 is 23.1. The number of piperidine rings is 2. The Morgan fingerprint density at radius 1 is 0.750 bits per heavy atom. The second-order valence-electron chi connectivity index (χ2n) is 17.8. The van der Waals surface area contributed by atoms with E-state index in [-0.39, 0.29) is 48.3 Å². The van der Waals surface area contributed by atoms with E-state index in [9.17, 15) is 5.11 Å². The number of hydrogen-bond acceptors (Lipinski definition) is 13. The number of halogens is 4. The fourth-order valence-corrected chi connectivity index (χ4v) is 12.2. The molecule has 10 rings (SSSR count). The number of hydrogen-bond donors (Lipinski definition) is 3. The Morgan fingerprint density at radius 3 is 1.89 bits per heavy atom. The standard InChI is InChI=1S/C45H50Cl4N10O4S/c1-24-18-34(56-14-10-44(11-15-56)22-62-25(2)40(44)50)59-33(53-54-42(59)36(24)27-6-4-7-28(46)37(27)48)21-61-30-19-35(57-16-12-45(13-17-57)23-63-26(3)41(45)51)58-32(20-60)52-55-43(58)39(30)64-31-9-5-8-29(47)38(31)49/h4-9,18-19,25-26,40-41,60H,10-17,20-23,50-51H2,1-3H3/t25?,26?,40-,41?/m1/s1. The first-order valence-corrected chi connectivity index (χ1v) is 24.0. The molecule has 0 radical (unpaired) electrons. The number of ether oxygens (including phenoxy) is 3. The van der Waals surface area contributed by atoms with Crippen LogP contribution in [0.4, 0.5) is 11.6 Å². The molecule has 4 atom stereocenters. The molecule has 0 saturated carbocycles. The summed E-state index contributed by atoms with van der Waals surface area (Å²) in [5.41, 5.74) is 17.0. The molecule has 4 aromatic heterocycles. The predicted octanol–water partition coefficient (Wildman–Crippen LogP) is 8.25. The summed E-state index contributed by atoms with van der Waals surface area (Å²) in [5.74, 6) is 3.19. The summed E-state index contributed by atoms with van der Waals surface area (Å²) in [6.07, 6.45) is 3.46. The number of anilines is 2. The van der Waals surface area contributed by atoms with Gasteiger partial charge in [0.1, 0.15) is 30.6 Å². The molecule has 0 bridgehead atoms. The minimum Gasteiger partial charge on any atom is -0.484 e. The molecule has 8 heterocycles. The average molecular weight is 969 g/mol. The van der Waals surface area contributed by atoms with Gasteiger partial charge in [-0.15, -0.1) is 20.4 Å². The highest BCUT2D eigenvalue weighted by atomic mass is 35.5. The van der Waals surface area contributed by atoms with Gasteiger partial charge in [-0.3, -0.25) is 8.80 Å². The maximum atomic E-state index is 10.6. The van der Waals surface area contributed by atoms with Gasteiger partial charge in [0.25, 0.3) is 0 Å². The van der Waals surface area contributed by atoms with E-state index < -0.39 is 0 Å². The van der Waals surface area contributed by atoms with Crippen LogP contribution in [0.2, 0.25) is 20.1 Å². The first-order valence-electron chi connectivity index (χ1n) is 21.7. The fraction of sp³-hybridized carbons (Fsp3) is 0.467. The van der Waals surface area contributed by atoms with Crippen LogP contribution in [0.5, 0.6) is 5.75 Å². The number of aliphatic hydroxyl groups excluding tert-OH is 1. The van der Waals surface area contributed by atoms with Crippen molar-refractivity contribution in [3.05, 3.63) is 85.8 Å². The SMILES string of the molecule is Cc1cc(N2CCC3(CC2)COC(C)[C@H]3N)n2c(COc3cc(N4CCC5(CC4)COC(C)C5N)n4c(CO)nnc4c3Sc3cccc(Cl)c3Cl)nnc2c1-c1cccc(Cl)c1Cl. The first kappa shape index (κ1) is 44.2. The predicted molar refractivity (Wildman–Crippen MR) is 252 cm³/mol. The largest absolute Gasteiger partial charge is 0.484 e. The number of nitrogens with two attached hydrogens (primary N) is 2. The van der Waals surface area contributed by atoms with Crippen LogP contribution in [0, 0.1) is 17.8 Å². The van der Waals surface area contributed by atoms with Crippen molar-refractivity contribution in [2.24, 2.45) is 22.3 Å². The second kappa shape index (κ2) is 17.2. The number of aliphatic hydroxyl groups is 1. The zero-order valence-corrected chi connectivity index (χ0v) is 39.6. The number of rotatable bonds is 9. The Hall–Kier alpha value is -3.61. The normalized spacial score (nSPS) is 23.1. The molecule has 0 aliphatic carbocycles. The summed E-state index contributed by atoms with van der Waals surface area (Å²) in [6, 6.07) is 15.2. The van der Waals surface area contributed by atoms with Crippen molar-refractivity contribution in [2.75, 3.05) is 49.2 Å². The molecule has 2 aromatic carbocycles. The summed E-state index contributed by atoms with van der Waals surface area (Å²) in [7, 11) is 0. The lowest BCUT2D eigenvalue weighted by atomic mass is 9.73. The van der Waals surface area contributed by atoms with E-state index in [0.717, 1.165) is 67.1 Å². The Balaban J connectivity index is 1.08. The monoisotopic (exact) mass is 966 g/mol. The maximum Gasteiger partial charge on any atom is 0.180 e. The summed E-state index contributed by atoms with van der Waals surface area (Å²) in [6.45, 7) is 10.1. The van der Waals surface area contributed by atoms with Crippen LogP contribution in [-0.4, -0.2) is 98.0 Å². The Bertz CT molecular complexity index is 2760. The van der Waals surface area contributed by atoms with Gasteiger partial charge in [0, 0.05) is 71.2 Å². The number of aryl methyl sites for hydroxylation is 1. The topological polar surface area (TPSA) is 167 Å². The van der Waals surface area contributed by atoms with Gasteiger partial charge in [0.15, 0.2) is 22.9 Å². The van der Waals surface area contributed by atoms with E-state index in [1.165, 1.54) is 11.8 Å². The molecule has 4 aliphatic heterocycles. The fourth-order valence-electron chi connectivity index (χ4n) is 10.3. The van der Waals surface area contributed by atoms with E-state index in [2.05, 4.69) is 44.3 Å². The van der Waals surface area contributed by atoms with Crippen LogP contribution >= 0.6 is 58.2 Å². The molecular formula is C45H50Cl4N10O4S. The van der Waals surface area contributed by atoms with Crippen LogP contribution in [0.3, 0.4) is 0 Å². The molecule has 6 aromatic rings. The van der Waals surface area contributed by atoms with E-state index in [4.69, 9.17) is 82.3 Å². The molecule has 14 nitrogen and oxygen atoms in total. The number of fused-ring (bicyclic) bond motifs is 2. The third-order valence-electron chi connectivity index (χ3n) is 14.3. The van der Waals surface area contributed by atoms with Crippen molar-refractivity contribution in [1.29, 1.82) is 0 Å². The number of nitrogens with zero attached hydrogens (tertiary/aromatic N) is 8. The molecule has 64 heavy (non-hydrogen) atoms. The van der Waals surface area contributed by atoms with Gasteiger partial charge in [0.2, 0.25) is 0 Å². The van der Waals surface area contributed by atoms with Gasteiger partial charge in [-0.1, -0.05) is 76.4 Å². The summed E-state index contributed by atoms with van der Waals surface area (Å²) in [4.78, 5) is 5.99. The van der Waals surface area contributed by atoms with Crippen molar-refractivity contribution in [3.63, 3.8) is 0 Å². The Labute approximate surface area is 395 Å². The van der Waals surface area contributed by atoms with Crippen LogP contribution < -0.4 is 26.0 Å². The highest BCUT2D eigenvalue weighted by Crippen LogP contribution is 2.48. The van der Waals surface area contributed by atoms with Gasteiger partial charge < -0.3 is 40.6 Å². The quantitative estimate of drug-likeness (QED) is 0.127. The molecule has 4 fully saturated rings. The Kier molecular flexibility index (Phi) is 11.9. The van der Waals surface area contributed by atoms with Crippen molar-refractivity contribution >= 4 is 81.1 Å². The second-order valence-corrected chi connectivity index (χ2v) is 20.4. The number of aromatic nitrogens is 6. The van der Waals surface area contributed by atoms with Gasteiger partial charge in [-0.05, 0) is 76.3 Å². The van der Waals surface area contributed by atoms with Crippen LogP contribution in [0.25, 0.3) is 22.4 Å². The zero-order chi connectivity index (χ0) is 44.7. The van der Waals surface area contributed by atoms with Crippen molar-refractivity contribution in [2.45, 2.75) is 93.8 Å². The molecule has 3 unspecified atom stereocenters. The average Bonchev–Trinajstić information content (AvgIpc) is 4.06. The van der Waals surface area contributed by atoms with Crippen molar-refractivity contribution < 1.29 is 19.3 Å². The van der Waals surface area contributed by atoms with Crippen molar-refractivity contribution in [3.8, 4) is 16.9 Å². The maximum absolute atomic E-state index is 10.6.